The average molecular weight is 274 g/mol. The Bertz CT molecular complexity index is 480. The molecular formula is C16H22N2O2. The van der Waals surface area contributed by atoms with E-state index in [0.29, 0.717) is 6.54 Å². The molecule has 0 unspecified atom stereocenters. The molecule has 1 heterocycles. The number of benzene rings is 1. The van der Waals surface area contributed by atoms with Gasteiger partial charge in [-0.25, -0.2) is 0 Å². The van der Waals surface area contributed by atoms with Crippen LogP contribution in [0.15, 0.2) is 35.9 Å². The molecule has 20 heavy (non-hydrogen) atoms. The fourth-order valence-electron chi connectivity index (χ4n) is 2.28. The molecule has 1 aliphatic heterocycles. The van der Waals surface area contributed by atoms with Crippen LogP contribution < -0.4 is 10.1 Å². The summed E-state index contributed by atoms with van der Waals surface area (Å²) < 4.78 is 5.16. The van der Waals surface area contributed by atoms with Crippen molar-refractivity contribution in [3.8, 4) is 5.75 Å². The summed E-state index contributed by atoms with van der Waals surface area (Å²) >= 11 is 0. The van der Waals surface area contributed by atoms with Crippen molar-refractivity contribution in [2.24, 2.45) is 0 Å². The summed E-state index contributed by atoms with van der Waals surface area (Å²) in [6, 6.07) is 8.21. The largest absolute Gasteiger partial charge is 0.497 e. The molecule has 0 spiro atoms. The van der Waals surface area contributed by atoms with Crippen molar-refractivity contribution in [2.75, 3.05) is 26.7 Å². The lowest BCUT2D eigenvalue weighted by molar-refractivity contribution is -0.118. The SMILES string of the molecule is COc1ccc(CN2CC=C(CNC(C)=O)CC2)cc1. The van der Waals surface area contributed by atoms with E-state index in [1.807, 2.05) is 12.1 Å². The third-order valence-corrected chi connectivity index (χ3v) is 3.52. The molecule has 0 fully saturated rings. The molecule has 108 valence electrons. The van der Waals surface area contributed by atoms with Crippen molar-refractivity contribution in [1.29, 1.82) is 0 Å². The van der Waals surface area contributed by atoms with Crippen LogP contribution in [-0.4, -0.2) is 37.6 Å². The van der Waals surface area contributed by atoms with E-state index in [1.165, 1.54) is 11.1 Å². The van der Waals surface area contributed by atoms with Crippen molar-refractivity contribution < 1.29 is 9.53 Å². The lowest BCUT2D eigenvalue weighted by Gasteiger charge is -2.26. The van der Waals surface area contributed by atoms with Gasteiger partial charge >= 0.3 is 0 Å². The van der Waals surface area contributed by atoms with Gasteiger partial charge in [0, 0.05) is 33.1 Å². The molecule has 0 saturated carbocycles. The van der Waals surface area contributed by atoms with Gasteiger partial charge in [-0.05, 0) is 24.1 Å². The second-order valence-electron chi connectivity index (χ2n) is 5.11. The van der Waals surface area contributed by atoms with Crippen molar-refractivity contribution in [3.63, 3.8) is 0 Å². The second-order valence-corrected chi connectivity index (χ2v) is 5.11. The van der Waals surface area contributed by atoms with Crippen LogP contribution in [0.1, 0.15) is 18.9 Å². The van der Waals surface area contributed by atoms with Crippen LogP contribution in [0.25, 0.3) is 0 Å². The number of ether oxygens (including phenoxy) is 1. The van der Waals surface area contributed by atoms with Crippen LogP contribution in [0.4, 0.5) is 0 Å². The first-order chi connectivity index (χ1) is 9.67. The number of nitrogens with one attached hydrogen (secondary N) is 1. The van der Waals surface area contributed by atoms with E-state index in [4.69, 9.17) is 4.74 Å². The number of amides is 1. The van der Waals surface area contributed by atoms with Crippen molar-refractivity contribution >= 4 is 5.91 Å². The Hall–Kier alpha value is -1.81. The first kappa shape index (κ1) is 14.6. The number of hydrogen-bond acceptors (Lipinski definition) is 3. The van der Waals surface area contributed by atoms with E-state index >= 15 is 0 Å². The Labute approximate surface area is 120 Å². The predicted octanol–water partition coefficient (Wildman–Crippen LogP) is 1.96. The molecule has 0 aromatic heterocycles. The van der Waals surface area contributed by atoms with Gasteiger partial charge in [0.25, 0.3) is 0 Å². The van der Waals surface area contributed by atoms with E-state index in [2.05, 4.69) is 28.4 Å². The Morgan fingerprint density at radius 3 is 2.65 bits per heavy atom. The third kappa shape index (κ3) is 4.38. The lowest BCUT2D eigenvalue weighted by atomic mass is 10.1. The predicted molar refractivity (Wildman–Crippen MR) is 79.7 cm³/mol. The summed E-state index contributed by atoms with van der Waals surface area (Å²) in [4.78, 5) is 13.3. The van der Waals surface area contributed by atoms with Crippen LogP contribution in [0, 0.1) is 0 Å². The van der Waals surface area contributed by atoms with Crippen LogP contribution in [0.2, 0.25) is 0 Å². The van der Waals surface area contributed by atoms with Gasteiger partial charge in [-0.1, -0.05) is 23.8 Å². The maximum atomic E-state index is 10.9. The van der Waals surface area contributed by atoms with Gasteiger partial charge < -0.3 is 10.1 Å². The first-order valence-corrected chi connectivity index (χ1v) is 6.95. The Morgan fingerprint density at radius 1 is 1.35 bits per heavy atom. The molecule has 0 radical (unpaired) electrons. The second kappa shape index (κ2) is 7.10. The molecule has 0 atom stereocenters. The summed E-state index contributed by atoms with van der Waals surface area (Å²) in [6.45, 7) is 5.18. The third-order valence-electron chi connectivity index (χ3n) is 3.52. The highest BCUT2D eigenvalue weighted by Crippen LogP contribution is 2.16. The zero-order valence-corrected chi connectivity index (χ0v) is 12.2. The van der Waals surface area contributed by atoms with E-state index in [0.717, 1.165) is 31.8 Å². The number of rotatable bonds is 5. The van der Waals surface area contributed by atoms with Gasteiger partial charge in [0.05, 0.1) is 7.11 Å². The molecule has 4 heteroatoms. The smallest absolute Gasteiger partial charge is 0.217 e. The normalized spacial score (nSPS) is 15.6. The number of methoxy groups -OCH3 is 1. The van der Waals surface area contributed by atoms with Crippen molar-refractivity contribution in [3.05, 3.63) is 41.5 Å². The van der Waals surface area contributed by atoms with Crippen LogP contribution in [-0.2, 0) is 11.3 Å². The number of nitrogens with zero attached hydrogens (tertiary/aromatic N) is 1. The van der Waals surface area contributed by atoms with Gasteiger partial charge in [-0.15, -0.1) is 0 Å². The number of carbonyl (C=O) groups is 1. The quantitative estimate of drug-likeness (QED) is 0.835. The summed E-state index contributed by atoms with van der Waals surface area (Å²) in [5.41, 5.74) is 2.62. The molecular weight excluding hydrogens is 252 g/mol. The Balaban J connectivity index is 1.82. The molecule has 1 aromatic carbocycles. The highest BCUT2D eigenvalue weighted by Gasteiger charge is 2.12. The van der Waals surface area contributed by atoms with E-state index in [1.54, 1.807) is 14.0 Å². The molecule has 2 rings (SSSR count). The summed E-state index contributed by atoms with van der Waals surface area (Å²) in [7, 11) is 1.68. The van der Waals surface area contributed by atoms with Crippen LogP contribution >= 0.6 is 0 Å². The summed E-state index contributed by atoms with van der Waals surface area (Å²) in [5.74, 6) is 0.927. The van der Waals surface area contributed by atoms with Crippen molar-refractivity contribution in [2.45, 2.75) is 19.9 Å². The first-order valence-electron chi connectivity index (χ1n) is 6.95. The standard InChI is InChI=1S/C16H22N2O2/c1-13(19)17-11-14-7-9-18(10-8-14)12-15-3-5-16(20-2)6-4-15/h3-7H,8-12H2,1-2H3,(H,17,19). The van der Waals surface area contributed by atoms with Gasteiger partial charge in [-0.2, -0.15) is 0 Å². The van der Waals surface area contributed by atoms with Gasteiger partial charge in [0.15, 0.2) is 0 Å². The number of hydrogen-bond donors (Lipinski definition) is 1. The monoisotopic (exact) mass is 274 g/mol. The Morgan fingerprint density at radius 2 is 2.10 bits per heavy atom. The fourth-order valence-corrected chi connectivity index (χ4v) is 2.28. The fraction of sp³-hybridized carbons (Fsp3) is 0.438. The summed E-state index contributed by atoms with van der Waals surface area (Å²) in [6.07, 6.45) is 3.25. The van der Waals surface area contributed by atoms with E-state index in [9.17, 15) is 4.79 Å². The Kier molecular flexibility index (Phi) is 5.18. The van der Waals surface area contributed by atoms with Gasteiger partial charge in [0.2, 0.25) is 5.91 Å². The molecule has 1 aromatic rings. The summed E-state index contributed by atoms with van der Waals surface area (Å²) in [5, 5.41) is 2.85. The van der Waals surface area contributed by atoms with E-state index in [-0.39, 0.29) is 5.91 Å². The topological polar surface area (TPSA) is 41.6 Å². The van der Waals surface area contributed by atoms with Gasteiger partial charge in [-0.3, -0.25) is 9.69 Å². The zero-order chi connectivity index (χ0) is 14.4. The molecule has 0 saturated heterocycles. The molecule has 1 amide bonds. The minimum absolute atomic E-state index is 0.0339. The molecule has 0 aliphatic carbocycles. The van der Waals surface area contributed by atoms with Crippen LogP contribution in [0.5, 0.6) is 5.75 Å². The molecule has 0 bridgehead atoms. The van der Waals surface area contributed by atoms with Crippen LogP contribution in [0.3, 0.4) is 0 Å². The zero-order valence-electron chi connectivity index (χ0n) is 12.2. The van der Waals surface area contributed by atoms with Crippen molar-refractivity contribution in [1.82, 2.24) is 10.2 Å². The minimum Gasteiger partial charge on any atom is -0.497 e. The lowest BCUT2D eigenvalue weighted by Crippen LogP contribution is -2.31. The maximum absolute atomic E-state index is 10.9. The van der Waals surface area contributed by atoms with Gasteiger partial charge in [0.1, 0.15) is 5.75 Å². The highest BCUT2D eigenvalue weighted by molar-refractivity contribution is 5.73. The molecule has 1 aliphatic rings. The maximum Gasteiger partial charge on any atom is 0.217 e. The average Bonchev–Trinajstić information content (AvgIpc) is 2.47. The minimum atomic E-state index is 0.0339. The number of carbonyl (C=O) groups excluding carboxylic acids is 1. The molecule has 4 nitrogen and oxygen atoms in total. The molecule has 1 N–H and O–H groups in total. The highest BCUT2D eigenvalue weighted by atomic mass is 16.5. The van der Waals surface area contributed by atoms with E-state index < -0.39 is 0 Å².